The summed E-state index contributed by atoms with van der Waals surface area (Å²) >= 11 is 0. The molecule has 0 bridgehead atoms. The molecule has 0 saturated carbocycles. The number of aryl methyl sites for hydroxylation is 1. The molecule has 0 aliphatic heterocycles. The first kappa shape index (κ1) is 10.3. The van der Waals surface area contributed by atoms with Crippen LogP contribution in [-0.2, 0) is 11.2 Å². The first-order valence-electron chi connectivity index (χ1n) is 4.36. The largest absolute Gasteiger partial charge is 0.481 e. The molecule has 1 rings (SSSR count). The molecular weight excluding hydrogens is 178 g/mol. The highest BCUT2D eigenvalue weighted by Crippen LogP contribution is 2.18. The summed E-state index contributed by atoms with van der Waals surface area (Å²) < 4.78 is 0. The summed E-state index contributed by atoms with van der Waals surface area (Å²) in [6.07, 6.45) is 5.86. The van der Waals surface area contributed by atoms with E-state index in [1.54, 1.807) is 18.3 Å². The van der Waals surface area contributed by atoms with Crippen molar-refractivity contribution in [3.05, 3.63) is 36.2 Å². The van der Waals surface area contributed by atoms with Crippen LogP contribution in [0.1, 0.15) is 23.2 Å². The highest BCUT2D eigenvalue weighted by Gasteiger charge is 2.07. The van der Waals surface area contributed by atoms with Crippen LogP contribution in [-0.4, -0.2) is 16.1 Å². The van der Waals surface area contributed by atoms with Gasteiger partial charge >= 0.3 is 5.97 Å². The standard InChI is InChI=1S/C11H13NO2/c1-3-9-8(5-6-11(13)14)7-12-10(9)4-2/h3-4,7,12H,1-2,5-6H2,(H,13,14). The van der Waals surface area contributed by atoms with E-state index in [-0.39, 0.29) is 6.42 Å². The Hall–Kier alpha value is -1.77. The van der Waals surface area contributed by atoms with Gasteiger partial charge in [0.15, 0.2) is 0 Å². The fraction of sp³-hybridized carbons (Fsp3) is 0.182. The van der Waals surface area contributed by atoms with Gasteiger partial charge in [-0.15, -0.1) is 0 Å². The highest BCUT2D eigenvalue weighted by molar-refractivity contribution is 5.69. The molecule has 0 amide bonds. The number of hydrogen-bond acceptors (Lipinski definition) is 1. The minimum absolute atomic E-state index is 0.134. The number of rotatable bonds is 5. The molecule has 3 heteroatoms. The van der Waals surface area contributed by atoms with Crippen LogP contribution in [0, 0.1) is 0 Å². The van der Waals surface area contributed by atoms with E-state index in [1.807, 2.05) is 0 Å². The van der Waals surface area contributed by atoms with Gasteiger partial charge in [0.2, 0.25) is 0 Å². The van der Waals surface area contributed by atoms with Gasteiger partial charge in [0.05, 0.1) is 0 Å². The minimum atomic E-state index is -0.790. The number of hydrogen-bond donors (Lipinski definition) is 2. The maximum absolute atomic E-state index is 10.4. The topological polar surface area (TPSA) is 53.1 Å². The Balaban J connectivity index is 2.86. The van der Waals surface area contributed by atoms with E-state index in [1.165, 1.54) is 0 Å². The monoisotopic (exact) mass is 191 g/mol. The van der Waals surface area contributed by atoms with Crippen LogP contribution in [0.25, 0.3) is 12.2 Å². The van der Waals surface area contributed by atoms with Crippen molar-refractivity contribution in [1.29, 1.82) is 0 Å². The second-order valence-electron chi connectivity index (χ2n) is 2.94. The third kappa shape index (κ3) is 2.13. The molecule has 0 unspecified atom stereocenters. The predicted octanol–water partition coefficient (Wildman–Crippen LogP) is 2.32. The van der Waals surface area contributed by atoms with Crippen LogP contribution in [0.2, 0.25) is 0 Å². The molecule has 0 aliphatic carbocycles. The quantitative estimate of drug-likeness (QED) is 0.750. The number of nitrogens with one attached hydrogen (secondary N) is 1. The molecule has 0 aromatic carbocycles. The molecule has 0 fully saturated rings. The Kier molecular flexibility index (Phi) is 3.29. The van der Waals surface area contributed by atoms with Gasteiger partial charge in [-0.2, -0.15) is 0 Å². The molecule has 0 atom stereocenters. The Bertz CT molecular complexity index is 363. The lowest BCUT2D eigenvalue weighted by molar-refractivity contribution is -0.136. The number of aromatic amines is 1. The van der Waals surface area contributed by atoms with E-state index in [4.69, 9.17) is 5.11 Å². The summed E-state index contributed by atoms with van der Waals surface area (Å²) in [5, 5.41) is 8.55. The molecule has 2 N–H and O–H groups in total. The lowest BCUT2D eigenvalue weighted by Gasteiger charge is -1.97. The number of carboxylic acid groups (broad SMARTS) is 1. The smallest absolute Gasteiger partial charge is 0.303 e. The zero-order valence-electron chi connectivity index (χ0n) is 7.92. The van der Waals surface area contributed by atoms with Crippen molar-refractivity contribution in [2.24, 2.45) is 0 Å². The fourth-order valence-electron chi connectivity index (χ4n) is 1.35. The summed E-state index contributed by atoms with van der Waals surface area (Å²) in [5.41, 5.74) is 2.80. The molecule has 1 aromatic rings. The van der Waals surface area contributed by atoms with Gasteiger partial charge < -0.3 is 10.1 Å². The Labute approximate surface area is 82.8 Å². The Morgan fingerprint density at radius 2 is 2.21 bits per heavy atom. The Morgan fingerprint density at radius 3 is 2.71 bits per heavy atom. The summed E-state index contributed by atoms with van der Waals surface area (Å²) in [7, 11) is 0. The van der Waals surface area contributed by atoms with Gasteiger partial charge in [0.25, 0.3) is 0 Å². The van der Waals surface area contributed by atoms with Gasteiger partial charge in [-0.05, 0) is 18.1 Å². The van der Waals surface area contributed by atoms with Crippen molar-refractivity contribution in [2.75, 3.05) is 0 Å². The number of carbonyl (C=O) groups is 1. The van der Waals surface area contributed by atoms with Crippen molar-refractivity contribution in [3.8, 4) is 0 Å². The normalized spacial score (nSPS) is 9.71. The number of aliphatic carboxylic acids is 1. The average molecular weight is 191 g/mol. The van der Waals surface area contributed by atoms with Crippen molar-refractivity contribution in [2.45, 2.75) is 12.8 Å². The molecule has 0 spiro atoms. The molecule has 74 valence electrons. The van der Waals surface area contributed by atoms with Crippen molar-refractivity contribution >= 4 is 18.1 Å². The van der Waals surface area contributed by atoms with E-state index in [9.17, 15) is 4.79 Å². The lowest BCUT2D eigenvalue weighted by atomic mass is 10.1. The third-order valence-corrected chi connectivity index (χ3v) is 2.05. The number of aromatic nitrogens is 1. The molecule has 0 aliphatic rings. The summed E-state index contributed by atoms with van der Waals surface area (Å²) in [6, 6.07) is 0. The van der Waals surface area contributed by atoms with Crippen molar-refractivity contribution in [1.82, 2.24) is 4.98 Å². The molecule has 1 heterocycles. The first-order valence-corrected chi connectivity index (χ1v) is 4.36. The highest BCUT2D eigenvalue weighted by atomic mass is 16.4. The van der Waals surface area contributed by atoms with Crippen LogP contribution in [0.5, 0.6) is 0 Å². The second kappa shape index (κ2) is 4.46. The molecule has 14 heavy (non-hydrogen) atoms. The van der Waals surface area contributed by atoms with E-state index in [0.29, 0.717) is 6.42 Å². The average Bonchev–Trinajstić information content (AvgIpc) is 2.56. The second-order valence-corrected chi connectivity index (χ2v) is 2.94. The molecular formula is C11H13NO2. The van der Waals surface area contributed by atoms with Crippen LogP contribution in [0.3, 0.4) is 0 Å². The number of carboxylic acids is 1. The van der Waals surface area contributed by atoms with Crippen LogP contribution < -0.4 is 0 Å². The lowest BCUT2D eigenvalue weighted by Crippen LogP contribution is -1.97. The van der Waals surface area contributed by atoms with Gasteiger partial charge in [0, 0.05) is 23.9 Å². The zero-order valence-corrected chi connectivity index (χ0v) is 7.92. The van der Waals surface area contributed by atoms with E-state index >= 15 is 0 Å². The molecule has 0 radical (unpaired) electrons. The van der Waals surface area contributed by atoms with Crippen LogP contribution >= 0.6 is 0 Å². The summed E-state index contributed by atoms with van der Waals surface area (Å²) in [4.78, 5) is 13.4. The van der Waals surface area contributed by atoms with E-state index in [2.05, 4.69) is 18.1 Å². The Morgan fingerprint density at radius 1 is 1.50 bits per heavy atom. The minimum Gasteiger partial charge on any atom is -0.481 e. The van der Waals surface area contributed by atoms with Gasteiger partial charge in [-0.1, -0.05) is 19.2 Å². The summed E-state index contributed by atoms with van der Waals surface area (Å²) in [5.74, 6) is -0.790. The SMILES string of the molecule is C=Cc1[nH]cc(CCC(=O)O)c1C=C. The van der Waals surface area contributed by atoms with Crippen LogP contribution in [0.15, 0.2) is 19.4 Å². The van der Waals surface area contributed by atoms with Gasteiger partial charge in [-0.3, -0.25) is 4.79 Å². The molecule has 3 nitrogen and oxygen atoms in total. The maximum Gasteiger partial charge on any atom is 0.303 e. The summed E-state index contributed by atoms with van der Waals surface area (Å²) in [6.45, 7) is 7.34. The number of H-pyrrole nitrogens is 1. The third-order valence-electron chi connectivity index (χ3n) is 2.05. The zero-order chi connectivity index (χ0) is 10.6. The predicted molar refractivity (Wildman–Crippen MR) is 56.9 cm³/mol. The van der Waals surface area contributed by atoms with E-state index < -0.39 is 5.97 Å². The maximum atomic E-state index is 10.4. The van der Waals surface area contributed by atoms with Crippen LogP contribution in [0.4, 0.5) is 0 Å². The first-order chi connectivity index (χ1) is 6.69. The molecule has 1 aromatic heterocycles. The van der Waals surface area contributed by atoms with Crippen molar-refractivity contribution < 1.29 is 9.90 Å². The fourth-order valence-corrected chi connectivity index (χ4v) is 1.35. The van der Waals surface area contributed by atoms with Gasteiger partial charge in [-0.25, -0.2) is 0 Å². The molecule has 0 saturated heterocycles. The van der Waals surface area contributed by atoms with Gasteiger partial charge in [0.1, 0.15) is 0 Å². The van der Waals surface area contributed by atoms with Crippen molar-refractivity contribution in [3.63, 3.8) is 0 Å². The van der Waals surface area contributed by atoms with E-state index in [0.717, 1.165) is 16.8 Å².